The van der Waals surface area contributed by atoms with Crippen LogP contribution in [-0.4, -0.2) is 29.6 Å². The van der Waals surface area contributed by atoms with E-state index in [4.69, 9.17) is 0 Å². The molecule has 2 rings (SSSR count). The monoisotopic (exact) mass is 180 g/mol. The Morgan fingerprint density at radius 2 is 2.23 bits per heavy atom. The summed E-state index contributed by atoms with van der Waals surface area (Å²) >= 11 is 0. The molecule has 2 nitrogen and oxygen atoms in total. The normalized spacial score (nSPS) is 34.8. The second-order valence-electron chi connectivity index (χ2n) is 4.82. The van der Waals surface area contributed by atoms with Crippen molar-refractivity contribution in [2.24, 2.45) is 0 Å². The van der Waals surface area contributed by atoms with Crippen LogP contribution in [-0.2, 0) is 0 Å². The van der Waals surface area contributed by atoms with E-state index in [1.165, 1.54) is 38.0 Å². The van der Waals surface area contributed by atoms with Gasteiger partial charge >= 0.3 is 0 Å². The molecule has 0 bridgehead atoms. The number of nitrogens with one attached hydrogen (secondary N) is 1. The second kappa shape index (κ2) is 3.02. The van der Waals surface area contributed by atoms with Gasteiger partial charge in [-0.15, -0.1) is 0 Å². The molecule has 1 unspecified atom stereocenters. The summed E-state index contributed by atoms with van der Waals surface area (Å²) < 4.78 is 0. The van der Waals surface area contributed by atoms with Gasteiger partial charge in [-0.25, -0.2) is 0 Å². The maximum Gasteiger partial charge on any atom is 0.0513 e. The molecule has 1 N–H and O–H groups in total. The quantitative estimate of drug-likeness (QED) is 0.661. The Kier molecular flexibility index (Phi) is 2.11. The Hall–Kier alpha value is -0.500. The number of hydrogen-bond acceptors (Lipinski definition) is 2. The third kappa shape index (κ3) is 1.60. The molecule has 0 radical (unpaired) electrons. The van der Waals surface area contributed by atoms with Gasteiger partial charge in [0, 0.05) is 24.8 Å². The number of allylic oxidation sites excluding steroid dienone is 1. The number of hydrogen-bond donors (Lipinski definition) is 1. The maximum atomic E-state index is 4.01. The number of rotatable bonds is 1. The highest BCUT2D eigenvalue weighted by Gasteiger charge is 2.41. The first-order chi connectivity index (χ1) is 6.11. The van der Waals surface area contributed by atoms with Crippen LogP contribution in [0.25, 0.3) is 0 Å². The summed E-state index contributed by atoms with van der Waals surface area (Å²) in [6, 6.07) is 0.690. The highest BCUT2D eigenvalue weighted by atomic mass is 15.2. The Labute approximate surface area is 81.0 Å². The Bertz CT molecular complexity index is 222. The van der Waals surface area contributed by atoms with Crippen LogP contribution in [0.1, 0.15) is 33.1 Å². The molecule has 13 heavy (non-hydrogen) atoms. The lowest BCUT2D eigenvalue weighted by Gasteiger charge is -2.26. The van der Waals surface area contributed by atoms with Crippen LogP contribution in [0, 0.1) is 0 Å². The number of likely N-dealkylation sites (tertiary alicyclic amines) is 1. The van der Waals surface area contributed by atoms with Crippen LogP contribution >= 0.6 is 0 Å². The molecule has 2 fully saturated rings. The van der Waals surface area contributed by atoms with Gasteiger partial charge in [-0.1, -0.05) is 6.58 Å². The zero-order valence-electron chi connectivity index (χ0n) is 8.77. The standard InChI is InChI=1S/C11H20N2/c1-9(2)13-7-6-11(8-13)5-4-10(3)12-11/h9,12H,3-8H2,1-2H3. The lowest BCUT2D eigenvalue weighted by Crippen LogP contribution is -2.42. The minimum Gasteiger partial charge on any atom is -0.382 e. The molecule has 2 aliphatic rings. The van der Waals surface area contributed by atoms with Crippen molar-refractivity contribution in [2.75, 3.05) is 13.1 Å². The van der Waals surface area contributed by atoms with Gasteiger partial charge in [-0.3, -0.25) is 4.90 Å². The van der Waals surface area contributed by atoms with Crippen molar-refractivity contribution in [1.29, 1.82) is 0 Å². The molecule has 0 aromatic heterocycles. The predicted molar refractivity (Wildman–Crippen MR) is 55.6 cm³/mol. The van der Waals surface area contributed by atoms with Crippen molar-refractivity contribution >= 4 is 0 Å². The maximum absolute atomic E-state index is 4.01. The molecule has 2 saturated heterocycles. The zero-order chi connectivity index (χ0) is 9.47. The summed E-state index contributed by atoms with van der Waals surface area (Å²) in [5.74, 6) is 0. The van der Waals surface area contributed by atoms with Crippen molar-refractivity contribution in [2.45, 2.75) is 44.7 Å². The van der Waals surface area contributed by atoms with Gasteiger partial charge in [-0.05, 0) is 33.1 Å². The lowest BCUT2D eigenvalue weighted by atomic mass is 9.97. The SMILES string of the molecule is C=C1CCC2(CCN(C(C)C)C2)N1. The topological polar surface area (TPSA) is 15.3 Å². The Morgan fingerprint density at radius 1 is 1.46 bits per heavy atom. The first kappa shape index (κ1) is 9.07. The largest absolute Gasteiger partial charge is 0.382 e. The van der Waals surface area contributed by atoms with Crippen LogP contribution in [0.5, 0.6) is 0 Å². The van der Waals surface area contributed by atoms with E-state index in [2.05, 4.69) is 30.6 Å². The molecular formula is C11H20N2. The van der Waals surface area contributed by atoms with Gasteiger partial charge in [-0.2, -0.15) is 0 Å². The minimum absolute atomic E-state index is 0.390. The highest BCUT2D eigenvalue weighted by molar-refractivity contribution is 5.13. The summed E-state index contributed by atoms with van der Waals surface area (Å²) in [7, 11) is 0. The number of nitrogens with zero attached hydrogens (tertiary/aromatic N) is 1. The molecule has 1 atom stereocenters. The average Bonchev–Trinajstić information content (AvgIpc) is 2.61. The van der Waals surface area contributed by atoms with Crippen molar-refractivity contribution in [3.8, 4) is 0 Å². The summed E-state index contributed by atoms with van der Waals surface area (Å²) in [5, 5.41) is 3.58. The van der Waals surface area contributed by atoms with E-state index in [0.29, 0.717) is 11.6 Å². The van der Waals surface area contributed by atoms with Crippen LogP contribution in [0.2, 0.25) is 0 Å². The van der Waals surface area contributed by atoms with Gasteiger partial charge in [0.1, 0.15) is 0 Å². The fraction of sp³-hybridized carbons (Fsp3) is 0.818. The van der Waals surface area contributed by atoms with Gasteiger partial charge in [0.15, 0.2) is 0 Å². The molecule has 0 amide bonds. The van der Waals surface area contributed by atoms with Gasteiger partial charge in [0.2, 0.25) is 0 Å². The zero-order valence-corrected chi connectivity index (χ0v) is 8.77. The first-order valence-corrected chi connectivity index (χ1v) is 5.31. The van der Waals surface area contributed by atoms with E-state index < -0.39 is 0 Å². The molecule has 2 heterocycles. The van der Waals surface area contributed by atoms with Crippen LogP contribution < -0.4 is 5.32 Å². The highest BCUT2D eigenvalue weighted by Crippen LogP contribution is 2.34. The summed E-state index contributed by atoms with van der Waals surface area (Å²) in [4.78, 5) is 2.56. The molecule has 0 aromatic rings. The molecule has 0 aromatic carbocycles. The molecular weight excluding hydrogens is 160 g/mol. The summed E-state index contributed by atoms with van der Waals surface area (Å²) in [6.45, 7) is 11.0. The fourth-order valence-corrected chi connectivity index (χ4v) is 2.54. The molecule has 0 aliphatic carbocycles. The van der Waals surface area contributed by atoms with Gasteiger partial charge in [0.05, 0.1) is 5.54 Å². The molecule has 0 saturated carbocycles. The lowest BCUT2D eigenvalue weighted by molar-refractivity contribution is 0.250. The predicted octanol–water partition coefficient (Wildman–Crippen LogP) is 1.74. The van der Waals surface area contributed by atoms with E-state index in [1.54, 1.807) is 0 Å². The molecule has 2 aliphatic heterocycles. The van der Waals surface area contributed by atoms with Gasteiger partial charge < -0.3 is 5.32 Å². The minimum atomic E-state index is 0.390. The van der Waals surface area contributed by atoms with E-state index in [9.17, 15) is 0 Å². The summed E-state index contributed by atoms with van der Waals surface area (Å²) in [6.07, 6.45) is 3.76. The average molecular weight is 180 g/mol. The van der Waals surface area contributed by atoms with E-state index in [0.717, 1.165) is 0 Å². The smallest absolute Gasteiger partial charge is 0.0513 e. The van der Waals surface area contributed by atoms with Crippen LogP contribution in [0.15, 0.2) is 12.3 Å². The van der Waals surface area contributed by atoms with Crippen LogP contribution in [0.4, 0.5) is 0 Å². The fourth-order valence-electron chi connectivity index (χ4n) is 2.54. The van der Waals surface area contributed by atoms with Crippen molar-refractivity contribution < 1.29 is 0 Å². The van der Waals surface area contributed by atoms with Crippen molar-refractivity contribution in [3.63, 3.8) is 0 Å². The molecule has 2 heteroatoms. The third-order valence-electron chi connectivity index (χ3n) is 3.46. The molecule has 74 valence electrons. The third-order valence-corrected chi connectivity index (χ3v) is 3.46. The molecule has 1 spiro atoms. The first-order valence-electron chi connectivity index (χ1n) is 5.31. The van der Waals surface area contributed by atoms with E-state index in [-0.39, 0.29) is 0 Å². The Morgan fingerprint density at radius 3 is 2.69 bits per heavy atom. The Balaban J connectivity index is 2.01. The summed E-state index contributed by atoms with van der Waals surface area (Å²) in [5.41, 5.74) is 1.63. The van der Waals surface area contributed by atoms with Crippen molar-refractivity contribution in [3.05, 3.63) is 12.3 Å². The van der Waals surface area contributed by atoms with Crippen molar-refractivity contribution in [1.82, 2.24) is 10.2 Å². The second-order valence-corrected chi connectivity index (χ2v) is 4.82. The van der Waals surface area contributed by atoms with E-state index in [1.807, 2.05) is 0 Å². The van der Waals surface area contributed by atoms with Gasteiger partial charge in [0.25, 0.3) is 0 Å². The van der Waals surface area contributed by atoms with E-state index >= 15 is 0 Å². The van der Waals surface area contributed by atoms with Crippen LogP contribution in [0.3, 0.4) is 0 Å².